The molecule has 0 saturated carbocycles. The van der Waals surface area contributed by atoms with Crippen LogP contribution < -0.4 is 0 Å². The van der Waals surface area contributed by atoms with Gasteiger partial charge in [-0.15, -0.1) is 0 Å². The van der Waals surface area contributed by atoms with Crippen molar-refractivity contribution in [3.05, 3.63) is 24.0 Å². The van der Waals surface area contributed by atoms with Gasteiger partial charge in [0.25, 0.3) is 0 Å². The summed E-state index contributed by atoms with van der Waals surface area (Å²) in [6.45, 7) is 10.6. The monoisotopic (exact) mass is 153 g/mol. The zero-order valence-corrected chi connectivity index (χ0v) is 8.23. The number of aromatic amines is 1. The number of hydrogen-bond acceptors (Lipinski definition) is 0. The van der Waals surface area contributed by atoms with Gasteiger partial charge >= 0.3 is 0 Å². The largest absolute Gasteiger partial charge is 0.365 e. The second-order valence-corrected chi connectivity index (χ2v) is 3.33. The highest BCUT2D eigenvalue weighted by Crippen LogP contribution is 2.18. The molecule has 1 nitrogen and oxygen atoms in total. The van der Waals surface area contributed by atoms with Gasteiger partial charge in [0, 0.05) is 17.3 Å². The normalized spacial score (nSPS) is 10.3. The number of nitrogens with one attached hydrogen (secondary N) is 1. The van der Waals surface area contributed by atoms with E-state index in [1.54, 1.807) is 0 Å². The lowest BCUT2D eigenvalue weighted by Crippen LogP contribution is -2.10. The molecule has 0 aliphatic heterocycles. The third-order valence-corrected chi connectivity index (χ3v) is 1.41. The molecule has 1 heteroatoms. The summed E-state index contributed by atoms with van der Waals surface area (Å²) in [5, 5.41) is 0. The van der Waals surface area contributed by atoms with Gasteiger partial charge in [-0.05, 0) is 12.1 Å². The summed E-state index contributed by atoms with van der Waals surface area (Å²) in [5.74, 6) is 0. The first-order valence-corrected chi connectivity index (χ1v) is 4.24. The Hall–Kier alpha value is -0.720. The molecule has 0 saturated heterocycles. The van der Waals surface area contributed by atoms with Crippen LogP contribution in [-0.2, 0) is 5.41 Å². The fourth-order valence-corrected chi connectivity index (χ4v) is 0.797. The van der Waals surface area contributed by atoms with Crippen molar-refractivity contribution >= 4 is 0 Å². The molecule has 0 spiro atoms. The van der Waals surface area contributed by atoms with Crippen LogP contribution in [0.25, 0.3) is 0 Å². The third kappa shape index (κ3) is 3.26. The van der Waals surface area contributed by atoms with E-state index in [0.29, 0.717) is 0 Å². The number of H-pyrrole nitrogens is 1. The van der Waals surface area contributed by atoms with Crippen LogP contribution >= 0.6 is 0 Å². The Morgan fingerprint density at radius 1 is 1.18 bits per heavy atom. The summed E-state index contributed by atoms with van der Waals surface area (Å²) in [5.41, 5.74) is 1.56. The van der Waals surface area contributed by atoms with Gasteiger partial charge in [0.1, 0.15) is 0 Å². The average molecular weight is 153 g/mol. The molecule has 0 aliphatic rings. The van der Waals surface area contributed by atoms with Crippen molar-refractivity contribution in [3.63, 3.8) is 0 Å². The van der Waals surface area contributed by atoms with Crippen LogP contribution in [0.5, 0.6) is 0 Å². The molecule has 0 atom stereocenters. The van der Waals surface area contributed by atoms with E-state index in [1.165, 1.54) is 5.69 Å². The predicted octanol–water partition coefficient (Wildman–Crippen LogP) is 3.34. The minimum atomic E-state index is 0.267. The Kier molecular flexibility index (Phi) is 3.94. The summed E-state index contributed by atoms with van der Waals surface area (Å²) < 4.78 is 0. The van der Waals surface area contributed by atoms with Crippen molar-refractivity contribution in [2.45, 2.75) is 40.0 Å². The first-order chi connectivity index (χ1) is 5.11. The fraction of sp³-hybridized carbons (Fsp3) is 0.600. The van der Waals surface area contributed by atoms with E-state index in [1.807, 2.05) is 26.1 Å². The SMILES string of the molecule is CC.CC(C)(C)c1ccc[nH]1. The van der Waals surface area contributed by atoms with E-state index in [9.17, 15) is 0 Å². The van der Waals surface area contributed by atoms with E-state index in [4.69, 9.17) is 0 Å². The molecule has 1 N–H and O–H groups in total. The van der Waals surface area contributed by atoms with Gasteiger partial charge in [-0.3, -0.25) is 0 Å². The molecule has 0 radical (unpaired) electrons. The Bertz CT molecular complexity index is 167. The molecule has 1 heterocycles. The Labute approximate surface area is 69.8 Å². The van der Waals surface area contributed by atoms with Gasteiger partial charge < -0.3 is 4.98 Å². The molecule has 0 bridgehead atoms. The van der Waals surface area contributed by atoms with Gasteiger partial charge in [-0.2, -0.15) is 0 Å². The topological polar surface area (TPSA) is 15.8 Å². The van der Waals surface area contributed by atoms with E-state index in [0.717, 1.165) is 0 Å². The minimum absolute atomic E-state index is 0.267. The van der Waals surface area contributed by atoms with Crippen LogP contribution in [0.3, 0.4) is 0 Å². The first kappa shape index (κ1) is 10.3. The lowest BCUT2D eigenvalue weighted by atomic mass is 9.93. The molecular weight excluding hydrogens is 134 g/mol. The molecule has 0 amide bonds. The van der Waals surface area contributed by atoms with Crippen molar-refractivity contribution in [1.82, 2.24) is 4.98 Å². The summed E-state index contributed by atoms with van der Waals surface area (Å²) in [4.78, 5) is 3.18. The molecule has 11 heavy (non-hydrogen) atoms. The van der Waals surface area contributed by atoms with Crippen LogP contribution in [0.4, 0.5) is 0 Å². The molecule has 1 aromatic rings. The first-order valence-electron chi connectivity index (χ1n) is 4.24. The molecule has 64 valence electrons. The van der Waals surface area contributed by atoms with E-state index in [2.05, 4.69) is 31.8 Å². The van der Waals surface area contributed by atoms with Crippen LogP contribution in [0.1, 0.15) is 40.3 Å². The van der Waals surface area contributed by atoms with Crippen molar-refractivity contribution in [2.24, 2.45) is 0 Å². The van der Waals surface area contributed by atoms with Gasteiger partial charge in [-0.1, -0.05) is 34.6 Å². The molecule has 0 fully saturated rings. The maximum atomic E-state index is 3.18. The molecule has 0 aromatic carbocycles. The Morgan fingerprint density at radius 3 is 1.91 bits per heavy atom. The summed E-state index contributed by atoms with van der Waals surface area (Å²) in [7, 11) is 0. The summed E-state index contributed by atoms with van der Waals surface area (Å²) in [6.07, 6.45) is 1.96. The van der Waals surface area contributed by atoms with E-state index in [-0.39, 0.29) is 5.41 Å². The van der Waals surface area contributed by atoms with Gasteiger partial charge in [-0.25, -0.2) is 0 Å². The van der Waals surface area contributed by atoms with Crippen molar-refractivity contribution < 1.29 is 0 Å². The van der Waals surface area contributed by atoms with E-state index < -0.39 is 0 Å². The fourth-order valence-electron chi connectivity index (χ4n) is 0.797. The highest BCUT2D eigenvalue weighted by molar-refractivity contribution is 5.12. The van der Waals surface area contributed by atoms with Crippen molar-refractivity contribution in [2.75, 3.05) is 0 Å². The van der Waals surface area contributed by atoms with Crippen LogP contribution in [0.2, 0.25) is 0 Å². The highest BCUT2D eigenvalue weighted by atomic mass is 14.7. The zero-order valence-electron chi connectivity index (χ0n) is 8.23. The molecule has 1 aromatic heterocycles. The lowest BCUT2D eigenvalue weighted by molar-refractivity contribution is 0.573. The summed E-state index contributed by atoms with van der Waals surface area (Å²) >= 11 is 0. The van der Waals surface area contributed by atoms with Gasteiger partial charge in [0.15, 0.2) is 0 Å². The predicted molar refractivity (Wildman–Crippen MR) is 50.8 cm³/mol. The lowest BCUT2D eigenvalue weighted by Gasteiger charge is -2.15. The maximum Gasteiger partial charge on any atom is 0.0201 e. The quantitative estimate of drug-likeness (QED) is 0.588. The van der Waals surface area contributed by atoms with Crippen molar-refractivity contribution in [3.8, 4) is 0 Å². The smallest absolute Gasteiger partial charge is 0.0201 e. The Morgan fingerprint density at radius 2 is 1.73 bits per heavy atom. The van der Waals surface area contributed by atoms with Gasteiger partial charge in [0.2, 0.25) is 0 Å². The Balaban J connectivity index is 0.000000461. The second-order valence-electron chi connectivity index (χ2n) is 3.33. The van der Waals surface area contributed by atoms with Gasteiger partial charge in [0.05, 0.1) is 0 Å². The van der Waals surface area contributed by atoms with E-state index >= 15 is 0 Å². The maximum absolute atomic E-state index is 3.18. The molecule has 1 rings (SSSR count). The second kappa shape index (κ2) is 4.22. The third-order valence-electron chi connectivity index (χ3n) is 1.41. The number of hydrogen-bond donors (Lipinski definition) is 1. The zero-order chi connectivity index (χ0) is 8.91. The van der Waals surface area contributed by atoms with Crippen LogP contribution in [0, 0.1) is 0 Å². The van der Waals surface area contributed by atoms with Crippen molar-refractivity contribution in [1.29, 1.82) is 0 Å². The van der Waals surface area contributed by atoms with Crippen LogP contribution in [-0.4, -0.2) is 4.98 Å². The average Bonchev–Trinajstić information content (AvgIpc) is 2.40. The molecule has 0 unspecified atom stereocenters. The number of aromatic nitrogens is 1. The molecule has 0 aliphatic carbocycles. The summed E-state index contributed by atoms with van der Waals surface area (Å²) in [6, 6.07) is 4.14. The minimum Gasteiger partial charge on any atom is -0.365 e. The number of rotatable bonds is 0. The highest BCUT2D eigenvalue weighted by Gasteiger charge is 2.12. The standard InChI is InChI=1S/C8H13N.C2H6/c1-8(2,3)7-5-4-6-9-7;1-2/h4-6,9H,1-3H3;1-2H3. The molecular formula is C10H19N. The van der Waals surface area contributed by atoms with Crippen LogP contribution in [0.15, 0.2) is 18.3 Å².